The van der Waals surface area contributed by atoms with E-state index in [0.29, 0.717) is 0 Å². The second-order valence-electron chi connectivity index (χ2n) is 4.59. The summed E-state index contributed by atoms with van der Waals surface area (Å²) in [4.78, 5) is 43.2. The Morgan fingerprint density at radius 1 is 0.619 bits per heavy atom. The van der Waals surface area contributed by atoms with E-state index in [4.69, 9.17) is 31.9 Å². The Morgan fingerprint density at radius 2 is 0.762 bits per heavy atom. The van der Waals surface area contributed by atoms with Crippen molar-refractivity contribution >= 4 is 23.9 Å². The van der Waals surface area contributed by atoms with Gasteiger partial charge >= 0.3 is 23.9 Å². The molecule has 0 rings (SSSR count). The van der Waals surface area contributed by atoms with Gasteiger partial charge < -0.3 is 31.9 Å². The van der Waals surface area contributed by atoms with Crippen molar-refractivity contribution in [1.29, 1.82) is 0 Å². The predicted octanol–water partition coefficient (Wildman–Crippen LogP) is -1.72. The molecule has 0 spiro atoms. The third-order valence-corrected chi connectivity index (χ3v) is 2.86. The molecule has 0 saturated heterocycles. The van der Waals surface area contributed by atoms with Crippen LogP contribution in [0.3, 0.4) is 0 Å². The zero-order valence-corrected chi connectivity index (χ0v) is 11.9. The van der Waals surface area contributed by atoms with Gasteiger partial charge in [0.1, 0.15) is 0 Å². The van der Waals surface area contributed by atoms with Crippen LogP contribution >= 0.6 is 0 Å². The molecule has 0 amide bonds. The van der Waals surface area contributed by atoms with E-state index < -0.39 is 60.6 Å². The summed E-state index contributed by atoms with van der Waals surface area (Å²) in [5.41, 5.74) is 6.88. The number of hydrogen-bond acceptors (Lipinski definition) is 6. The van der Waals surface area contributed by atoms with Crippen LogP contribution in [0.2, 0.25) is 0 Å². The van der Waals surface area contributed by atoms with Crippen molar-refractivity contribution in [3.05, 3.63) is 0 Å². The van der Waals surface area contributed by atoms with Crippen LogP contribution in [0.4, 0.5) is 0 Å². The minimum absolute atomic E-state index is 0. The first-order chi connectivity index (χ1) is 8.92. The molecule has 0 aliphatic heterocycles. The molecule has 0 atom stereocenters. The van der Waals surface area contributed by atoms with E-state index in [1.807, 2.05) is 0 Å². The van der Waals surface area contributed by atoms with Gasteiger partial charge in [-0.1, -0.05) is 0 Å². The smallest absolute Gasteiger partial charge is 0.305 e. The van der Waals surface area contributed by atoms with E-state index in [9.17, 15) is 19.2 Å². The molecule has 0 heterocycles. The zero-order chi connectivity index (χ0) is 16.1. The summed E-state index contributed by atoms with van der Waals surface area (Å²) in [7, 11) is 0. The molecule has 10 nitrogen and oxygen atoms in total. The fourth-order valence-electron chi connectivity index (χ4n) is 1.91. The van der Waals surface area contributed by atoms with E-state index in [2.05, 4.69) is 0 Å². The molecular weight excluding hydrogens is 332 g/mol. The van der Waals surface area contributed by atoms with Crippen LogP contribution in [0, 0.1) is 0 Å². The third kappa shape index (κ3) is 6.54. The summed E-state index contributed by atoms with van der Waals surface area (Å²) in [6, 6.07) is 0. The first kappa shape index (κ1) is 21.6. The van der Waals surface area contributed by atoms with Crippen molar-refractivity contribution in [3.8, 4) is 0 Å². The molecule has 0 saturated carbocycles. The van der Waals surface area contributed by atoms with Crippen molar-refractivity contribution < 1.29 is 56.7 Å². The molecule has 0 unspecified atom stereocenters. The molecule has 0 aromatic carbocycles. The van der Waals surface area contributed by atoms with Gasteiger partial charge in [-0.05, 0) is 0 Å². The number of carboxylic acids is 4. The summed E-state index contributed by atoms with van der Waals surface area (Å²) in [6.07, 6.45) is -3.90. The maximum absolute atomic E-state index is 10.8. The number of aliphatic carboxylic acids is 4. The first-order valence-electron chi connectivity index (χ1n) is 5.37. The third-order valence-electron chi connectivity index (χ3n) is 2.86. The second kappa shape index (κ2) is 7.93. The van der Waals surface area contributed by atoms with Gasteiger partial charge in [-0.25, -0.2) is 0 Å². The van der Waals surface area contributed by atoms with Gasteiger partial charge in [0.25, 0.3) is 0 Å². The van der Waals surface area contributed by atoms with Crippen LogP contribution in [0.15, 0.2) is 0 Å². The Morgan fingerprint density at radius 3 is 0.857 bits per heavy atom. The number of rotatable bonds is 9. The summed E-state index contributed by atoms with van der Waals surface area (Å²) >= 11 is 0. The molecule has 0 fully saturated rings. The van der Waals surface area contributed by atoms with Crippen LogP contribution in [-0.4, -0.2) is 55.4 Å². The molecule has 8 N–H and O–H groups in total. The minimum Gasteiger partial charge on any atom is -0.481 e. The van der Waals surface area contributed by atoms with Gasteiger partial charge in [-0.3, -0.25) is 19.2 Å². The fourth-order valence-corrected chi connectivity index (χ4v) is 1.91. The number of hydrogen-bond donors (Lipinski definition) is 6. The van der Waals surface area contributed by atoms with Crippen LogP contribution in [0.25, 0.3) is 0 Å². The van der Waals surface area contributed by atoms with Crippen molar-refractivity contribution in [3.63, 3.8) is 0 Å². The summed E-state index contributed by atoms with van der Waals surface area (Å²) < 4.78 is 0. The number of carbonyl (C=O) groups is 4. The standard InChI is InChI=1S/C10H16N2O8.Fe/c11-9(1-5(13)14,2-6(15)16)10(12,3-7(17)18)4-8(19)20;/h1-4,11-12H2,(H,13,14)(H,15,16)(H,17,18)(H,19,20);. The van der Waals surface area contributed by atoms with Crippen molar-refractivity contribution in [1.82, 2.24) is 0 Å². The van der Waals surface area contributed by atoms with Gasteiger partial charge in [-0.15, -0.1) is 0 Å². The Balaban J connectivity index is 0. The van der Waals surface area contributed by atoms with Crippen LogP contribution in [-0.2, 0) is 36.2 Å². The molecule has 0 aromatic heterocycles. The fraction of sp³-hybridized carbons (Fsp3) is 0.600. The Kier molecular flexibility index (Phi) is 8.17. The number of carboxylic acid groups (broad SMARTS) is 4. The first-order valence-corrected chi connectivity index (χ1v) is 5.37. The monoisotopic (exact) mass is 348 g/mol. The molecule has 21 heavy (non-hydrogen) atoms. The molecule has 0 aliphatic rings. The SMILES string of the molecule is NC(CC(=O)O)(CC(=O)O)C(N)(CC(=O)O)CC(=O)O.[Fe]. The van der Waals surface area contributed by atoms with Crippen LogP contribution < -0.4 is 11.5 Å². The van der Waals surface area contributed by atoms with E-state index in [0.717, 1.165) is 0 Å². The van der Waals surface area contributed by atoms with Gasteiger partial charge in [0.15, 0.2) is 0 Å². The summed E-state index contributed by atoms with van der Waals surface area (Å²) in [5.74, 6) is -6.06. The summed E-state index contributed by atoms with van der Waals surface area (Å²) in [6.45, 7) is 0. The number of nitrogens with two attached hydrogens (primary N) is 2. The van der Waals surface area contributed by atoms with Gasteiger partial charge in [0.2, 0.25) is 0 Å². The second-order valence-corrected chi connectivity index (χ2v) is 4.59. The van der Waals surface area contributed by atoms with Crippen LogP contribution in [0.1, 0.15) is 25.7 Å². The van der Waals surface area contributed by atoms with Crippen molar-refractivity contribution in [2.45, 2.75) is 36.8 Å². The molecule has 0 aromatic rings. The topological polar surface area (TPSA) is 201 Å². The Labute approximate surface area is 129 Å². The molecular formula is C10H16FeN2O8. The Bertz CT molecular complexity index is 367. The maximum atomic E-state index is 10.8. The van der Waals surface area contributed by atoms with Crippen LogP contribution in [0.5, 0.6) is 0 Å². The normalized spacial score (nSPS) is 11.3. The quantitative estimate of drug-likeness (QED) is 0.260. The average molecular weight is 348 g/mol. The van der Waals surface area contributed by atoms with Gasteiger partial charge in [0, 0.05) is 17.1 Å². The van der Waals surface area contributed by atoms with E-state index in [1.165, 1.54) is 0 Å². The molecule has 0 aliphatic carbocycles. The van der Waals surface area contributed by atoms with Gasteiger partial charge in [0.05, 0.1) is 36.8 Å². The average Bonchev–Trinajstić information content (AvgIpc) is 2.10. The Hall–Kier alpha value is -1.68. The van der Waals surface area contributed by atoms with E-state index in [-0.39, 0.29) is 17.1 Å². The van der Waals surface area contributed by atoms with Crippen molar-refractivity contribution in [2.24, 2.45) is 11.5 Å². The maximum Gasteiger partial charge on any atom is 0.305 e. The molecule has 11 heteroatoms. The predicted molar refractivity (Wildman–Crippen MR) is 62.8 cm³/mol. The van der Waals surface area contributed by atoms with Gasteiger partial charge in [-0.2, -0.15) is 0 Å². The molecule has 0 bridgehead atoms. The molecule has 122 valence electrons. The summed E-state index contributed by atoms with van der Waals surface area (Å²) in [5, 5.41) is 35.1. The largest absolute Gasteiger partial charge is 0.481 e. The minimum atomic E-state index is -2.22. The van der Waals surface area contributed by atoms with E-state index >= 15 is 0 Å². The van der Waals surface area contributed by atoms with E-state index in [1.54, 1.807) is 0 Å². The molecule has 0 radical (unpaired) electrons. The zero-order valence-electron chi connectivity index (χ0n) is 10.8. The van der Waals surface area contributed by atoms with Crippen molar-refractivity contribution in [2.75, 3.05) is 0 Å².